The molecule has 2 unspecified atom stereocenters. The minimum atomic E-state index is -0.510. The molecule has 116 valence electrons. The summed E-state index contributed by atoms with van der Waals surface area (Å²) in [5, 5.41) is 12.1. The highest BCUT2D eigenvalue weighted by molar-refractivity contribution is 5.85. The molecular weight excluding hydrogens is 278 g/mol. The van der Waals surface area contributed by atoms with Gasteiger partial charge in [0.15, 0.2) is 5.65 Å². The normalized spacial score (nSPS) is 27.0. The van der Waals surface area contributed by atoms with Crippen molar-refractivity contribution >= 4 is 16.9 Å². The Kier molecular flexibility index (Phi) is 2.81. The maximum absolute atomic E-state index is 12.6. The molecule has 3 heterocycles. The first kappa shape index (κ1) is 13.7. The number of hydrogen-bond acceptors (Lipinski definition) is 4. The van der Waals surface area contributed by atoms with Gasteiger partial charge in [0.2, 0.25) is 5.91 Å². The van der Waals surface area contributed by atoms with Gasteiger partial charge in [0, 0.05) is 24.5 Å². The monoisotopic (exact) mass is 299 g/mol. The van der Waals surface area contributed by atoms with Gasteiger partial charge in [-0.2, -0.15) is 5.10 Å². The quantitative estimate of drug-likeness (QED) is 0.879. The van der Waals surface area contributed by atoms with Crippen LogP contribution >= 0.6 is 0 Å². The largest absolute Gasteiger partial charge is 0.345 e. The molecule has 2 aliphatic rings. The number of piperidine rings is 1. The number of carbonyl (C=O) groups is 1. The first-order valence-corrected chi connectivity index (χ1v) is 7.80. The number of pyridine rings is 1. The minimum Gasteiger partial charge on any atom is -0.345 e. The zero-order valence-corrected chi connectivity index (χ0v) is 13.1. The Morgan fingerprint density at radius 3 is 2.86 bits per heavy atom. The van der Waals surface area contributed by atoms with Gasteiger partial charge in [0.1, 0.15) is 0 Å². The van der Waals surface area contributed by atoms with E-state index in [1.165, 1.54) is 0 Å². The molecule has 1 aliphatic heterocycles. The summed E-state index contributed by atoms with van der Waals surface area (Å²) < 4.78 is 1.77. The number of carbonyl (C=O) groups excluding carboxylic acids is 1. The molecule has 6 heteroatoms. The van der Waals surface area contributed by atoms with Crippen LogP contribution < -0.4 is 10.6 Å². The smallest absolute Gasteiger partial charge is 0.224 e. The Morgan fingerprint density at radius 1 is 1.41 bits per heavy atom. The molecule has 1 saturated heterocycles. The number of rotatable bonds is 3. The molecule has 22 heavy (non-hydrogen) atoms. The second-order valence-electron chi connectivity index (χ2n) is 6.97. The maximum atomic E-state index is 12.6. The number of amides is 1. The summed E-state index contributed by atoms with van der Waals surface area (Å²) >= 11 is 0. The highest BCUT2D eigenvalue weighted by atomic mass is 16.2. The number of nitrogens with one attached hydrogen (secondary N) is 2. The number of aromatic nitrogens is 3. The van der Waals surface area contributed by atoms with Crippen LogP contribution in [-0.2, 0) is 17.4 Å². The standard InChI is InChI=1S/C16H21N5O/c1-16(2,19-15(22)12-10-7-17-8-11(10)12)13-9-5-4-6-18-14(9)21(3)20-13/h4-6,10-12,17H,7-8H2,1-3H3,(H,19,22). The van der Waals surface area contributed by atoms with E-state index in [-0.39, 0.29) is 11.8 Å². The molecule has 0 spiro atoms. The molecule has 0 radical (unpaired) electrons. The van der Waals surface area contributed by atoms with E-state index in [9.17, 15) is 4.79 Å². The molecule has 1 saturated carbocycles. The van der Waals surface area contributed by atoms with Gasteiger partial charge in [-0.25, -0.2) is 4.98 Å². The van der Waals surface area contributed by atoms with E-state index in [2.05, 4.69) is 20.7 Å². The number of nitrogens with zero attached hydrogens (tertiary/aromatic N) is 3. The summed E-state index contributed by atoms with van der Waals surface area (Å²) in [6.45, 7) is 5.96. The summed E-state index contributed by atoms with van der Waals surface area (Å²) in [5.74, 6) is 1.38. The van der Waals surface area contributed by atoms with E-state index < -0.39 is 5.54 Å². The molecule has 2 atom stereocenters. The fourth-order valence-electron chi connectivity index (χ4n) is 3.81. The molecule has 2 N–H and O–H groups in total. The van der Waals surface area contributed by atoms with E-state index in [4.69, 9.17) is 0 Å². The lowest BCUT2D eigenvalue weighted by molar-refractivity contribution is -0.124. The summed E-state index contributed by atoms with van der Waals surface area (Å²) in [7, 11) is 1.88. The third-order valence-electron chi connectivity index (χ3n) is 5.02. The molecule has 1 aliphatic carbocycles. The molecule has 1 amide bonds. The van der Waals surface area contributed by atoms with Crippen LogP contribution in [0.1, 0.15) is 19.5 Å². The Morgan fingerprint density at radius 2 is 2.14 bits per heavy atom. The minimum absolute atomic E-state index is 0.157. The molecule has 2 fully saturated rings. The van der Waals surface area contributed by atoms with Crippen molar-refractivity contribution in [1.29, 1.82) is 0 Å². The molecule has 0 aromatic carbocycles. The lowest BCUT2D eigenvalue weighted by Gasteiger charge is -2.25. The predicted molar refractivity (Wildman–Crippen MR) is 83.0 cm³/mol. The Labute approximate surface area is 129 Å². The predicted octanol–water partition coefficient (Wildman–Crippen LogP) is 0.785. The van der Waals surface area contributed by atoms with Crippen molar-refractivity contribution in [3.05, 3.63) is 24.0 Å². The zero-order valence-electron chi connectivity index (χ0n) is 13.1. The highest BCUT2D eigenvalue weighted by Crippen LogP contribution is 2.49. The van der Waals surface area contributed by atoms with Gasteiger partial charge in [-0.3, -0.25) is 9.48 Å². The van der Waals surface area contributed by atoms with Gasteiger partial charge in [0.25, 0.3) is 0 Å². The van der Waals surface area contributed by atoms with Crippen LogP contribution in [-0.4, -0.2) is 33.8 Å². The fourth-order valence-corrected chi connectivity index (χ4v) is 3.81. The van der Waals surface area contributed by atoms with Crippen molar-refractivity contribution in [2.75, 3.05) is 13.1 Å². The summed E-state index contributed by atoms with van der Waals surface area (Å²) in [6, 6.07) is 3.91. The summed E-state index contributed by atoms with van der Waals surface area (Å²) in [6.07, 6.45) is 1.76. The van der Waals surface area contributed by atoms with Crippen molar-refractivity contribution < 1.29 is 4.79 Å². The fraction of sp³-hybridized carbons (Fsp3) is 0.562. The van der Waals surface area contributed by atoms with Crippen LogP contribution in [0.4, 0.5) is 0 Å². The molecule has 2 aromatic rings. The second-order valence-corrected chi connectivity index (χ2v) is 6.97. The van der Waals surface area contributed by atoms with Crippen molar-refractivity contribution in [2.45, 2.75) is 19.4 Å². The van der Waals surface area contributed by atoms with Crippen molar-refractivity contribution in [2.24, 2.45) is 24.8 Å². The van der Waals surface area contributed by atoms with Crippen molar-refractivity contribution in [1.82, 2.24) is 25.4 Å². The SMILES string of the molecule is Cn1nc(C(C)(C)NC(=O)C2C3CNCC32)c2cccnc21. The number of fused-ring (bicyclic) bond motifs is 2. The molecule has 2 aromatic heterocycles. The summed E-state index contributed by atoms with van der Waals surface area (Å²) in [4.78, 5) is 16.9. The topological polar surface area (TPSA) is 71.8 Å². The number of aryl methyl sites for hydroxylation is 1. The van der Waals surface area contributed by atoms with Gasteiger partial charge in [-0.15, -0.1) is 0 Å². The van der Waals surface area contributed by atoms with Gasteiger partial charge in [-0.05, 0) is 50.9 Å². The van der Waals surface area contributed by atoms with Crippen LogP contribution in [0.3, 0.4) is 0 Å². The van der Waals surface area contributed by atoms with Crippen LogP contribution in [0.25, 0.3) is 11.0 Å². The highest BCUT2D eigenvalue weighted by Gasteiger charge is 2.57. The van der Waals surface area contributed by atoms with E-state index in [0.717, 1.165) is 29.8 Å². The first-order chi connectivity index (χ1) is 10.5. The van der Waals surface area contributed by atoms with E-state index in [0.29, 0.717) is 11.8 Å². The van der Waals surface area contributed by atoms with Crippen LogP contribution in [0.5, 0.6) is 0 Å². The van der Waals surface area contributed by atoms with Crippen molar-refractivity contribution in [3.63, 3.8) is 0 Å². The van der Waals surface area contributed by atoms with Gasteiger partial charge in [-0.1, -0.05) is 0 Å². The van der Waals surface area contributed by atoms with Crippen LogP contribution in [0, 0.1) is 17.8 Å². The molecule has 4 rings (SSSR count). The van der Waals surface area contributed by atoms with Crippen molar-refractivity contribution in [3.8, 4) is 0 Å². The Bertz CT molecular complexity index is 740. The van der Waals surface area contributed by atoms with Gasteiger partial charge < -0.3 is 10.6 Å². The summed E-state index contributed by atoms with van der Waals surface area (Å²) in [5.41, 5.74) is 1.20. The zero-order chi connectivity index (χ0) is 15.5. The third kappa shape index (κ3) is 1.94. The molecular formula is C16H21N5O. The Balaban J connectivity index is 1.61. The second kappa shape index (κ2) is 4.52. The van der Waals surface area contributed by atoms with E-state index >= 15 is 0 Å². The third-order valence-corrected chi connectivity index (χ3v) is 5.02. The number of hydrogen-bond donors (Lipinski definition) is 2. The van der Waals surface area contributed by atoms with E-state index in [1.807, 2.05) is 33.0 Å². The molecule has 0 bridgehead atoms. The Hall–Kier alpha value is -1.95. The lowest BCUT2D eigenvalue weighted by Crippen LogP contribution is -2.43. The molecule has 6 nitrogen and oxygen atoms in total. The average molecular weight is 299 g/mol. The lowest BCUT2D eigenvalue weighted by atomic mass is 9.97. The van der Waals surface area contributed by atoms with Crippen LogP contribution in [0.15, 0.2) is 18.3 Å². The maximum Gasteiger partial charge on any atom is 0.224 e. The van der Waals surface area contributed by atoms with Gasteiger partial charge >= 0.3 is 0 Å². The van der Waals surface area contributed by atoms with Crippen LogP contribution in [0.2, 0.25) is 0 Å². The van der Waals surface area contributed by atoms with Gasteiger partial charge in [0.05, 0.1) is 11.2 Å². The van der Waals surface area contributed by atoms with E-state index in [1.54, 1.807) is 10.9 Å². The first-order valence-electron chi connectivity index (χ1n) is 7.80. The average Bonchev–Trinajstić information content (AvgIpc) is 2.82.